The highest BCUT2D eigenvalue weighted by molar-refractivity contribution is 6.15. The number of anilines is 6. The maximum Gasteiger partial charge on any atom is 0.338 e. The fraction of sp³-hybridized carbons (Fsp3) is 0.125. The fourth-order valence-electron chi connectivity index (χ4n) is 12.9. The third-order valence-electron chi connectivity index (χ3n) is 19.6. The number of nitriles is 5. The van der Waals surface area contributed by atoms with Crippen LogP contribution in [0.3, 0.4) is 0 Å². The molecule has 690 valence electrons. The summed E-state index contributed by atoms with van der Waals surface area (Å²) >= 11 is 0. The number of nitrogens with zero attached hydrogens (tertiary/aromatic N) is 5. The number of carboxylic acid groups (broad SMARTS) is 5. The van der Waals surface area contributed by atoms with Crippen LogP contribution in [-0.4, -0.2) is 130 Å². The number of carboxylic acids is 5. The van der Waals surface area contributed by atoms with Crippen LogP contribution in [0.15, 0.2) is 255 Å². The van der Waals surface area contributed by atoms with E-state index in [9.17, 15) is 73.2 Å². The molecule has 12 aromatic carbocycles. The molecule has 0 aromatic heterocycles. The van der Waals surface area contributed by atoms with E-state index >= 15 is 0 Å². The van der Waals surface area contributed by atoms with Gasteiger partial charge in [-0.1, -0.05) is 130 Å². The molecular weight excluding hydrogens is 1760 g/mol. The van der Waals surface area contributed by atoms with E-state index in [0.29, 0.717) is 97.6 Å². The molecule has 0 radical (unpaired) electrons. The number of hydrogen-bond donors (Lipinski definition) is 12. The van der Waals surface area contributed by atoms with E-state index in [-0.39, 0.29) is 72.3 Å². The van der Waals surface area contributed by atoms with Crippen molar-refractivity contribution in [2.45, 2.75) is 59.2 Å². The Bertz CT molecular complexity index is 6710. The average molecular weight is 1840 g/mol. The molecule has 0 aliphatic heterocycles. The zero-order chi connectivity index (χ0) is 100. The molecule has 12 aromatic rings. The summed E-state index contributed by atoms with van der Waals surface area (Å²) in [5.41, 5.74) is 8.39. The first kappa shape index (κ1) is 105. The second-order valence-electron chi connectivity index (χ2n) is 28.4. The van der Waals surface area contributed by atoms with Gasteiger partial charge in [0.05, 0.1) is 158 Å². The first-order chi connectivity index (χ1) is 65.8. The Morgan fingerprint density at radius 1 is 0.321 bits per heavy atom. The SMILES string of the molecule is C#Cc1ccc(NC(=O)c2ccccc2C(=O)O)cc1OC.CCC(O)c1ccc(NC(=O)c2ccccc2C(=O)O)cc1C#N.CCCc1ccc(NC(=O)c2ccccc2C(=O)O)cc1C#N.CCc1ccc(NC(=O)c2ccccc2C(=O)O)cc1C#N.COC(=O)c1ccccc1C(=O)Nc1ccc(OC)c(C#N)c1.COCc1ccc(NC(=O)c2ccccc2C(=O)O)cc1C#N. The molecule has 6 amide bonds. The van der Waals surface area contributed by atoms with Gasteiger partial charge in [0.15, 0.2) is 0 Å². The third kappa shape index (κ3) is 29.4. The first-order valence-corrected chi connectivity index (χ1v) is 41.0. The number of methoxy groups -OCH3 is 4. The van der Waals surface area contributed by atoms with Gasteiger partial charge in [-0.25, -0.2) is 28.8 Å². The number of hydrogen-bond acceptors (Lipinski definition) is 22. The molecule has 33 heteroatoms. The topological polar surface area (TPSA) is 554 Å². The van der Waals surface area contributed by atoms with Crippen molar-refractivity contribution in [3.8, 4) is 54.2 Å². The highest BCUT2D eigenvalue weighted by Crippen LogP contribution is 2.30. The summed E-state index contributed by atoms with van der Waals surface area (Å²) in [5, 5.41) is 117. The standard InChI is InChI=1S/C18H16N2O4.C18H16N2O3.2C17H14N2O4.C17H14N2O3.C17H13NO4/c1-2-16(21)13-8-7-12(9-11(13)10-19)20-17(22)14-5-3-4-6-15(14)18(23)24;1-2-5-12-8-9-14(10-13(12)11-19)20-17(21)15-6-3-4-7-16(15)18(22)23;1-22-15-8-7-12(9-11(15)10-18)19-16(20)13-5-3-4-6-14(13)17(21)23-2;1-23-10-11-6-7-13(8-12(11)9-18)19-16(20)14-4-2-3-5-15(14)17(21)22;1-2-11-7-8-13(9-12(11)10-18)19-16(20)14-5-3-4-6-15(14)17(21)22;1-3-11-8-9-12(10-15(11)22-2)18-16(19)13-6-4-5-7-14(13)17(20)21/h3-9,16,21H,2H2,1H3,(H,20,22)(H,23,24);3-4,6-10H,2,5H2,1H3,(H,20,21)(H,22,23);3-9H,1-2H3,(H,19,20);2-8H,10H2,1H3,(H,19,20)(H,21,22);3-9H,2H2,1H3,(H,19,20)(H,21,22);1,4-10H,2H3,(H,18,19)(H,20,21). The van der Waals surface area contributed by atoms with Gasteiger partial charge in [-0.2, -0.15) is 26.3 Å². The lowest BCUT2D eigenvalue weighted by atomic mass is 10.0. The van der Waals surface area contributed by atoms with Crippen molar-refractivity contribution in [3.05, 3.63) is 377 Å². The number of ether oxygens (including phenoxy) is 4. The van der Waals surface area contributed by atoms with Gasteiger partial charge in [0, 0.05) is 47.3 Å². The van der Waals surface area contributed by atoms with Gasteiger partial charge in [-0.05, 0) is 193 Å². The van der Waals surface area contributed by atoms with Crippen LogP contribution in [-0.2, 0) is 28.9 Å². The Hall–Kier alpha value is -19.2. The molecule has 0 saturated heterocycles. The van der Waals surface area contributed by atoms with E-state index in [1.54, 1.807) is 165 Å². The molecule has 0 aliphatic rings. The summed E-state index contributed by atoms with van der Waals surface area (Å²) in [6.07, 6.45) is 7.49. The number of benzene rings is 12. The number of amides is 6. The highest BCUT2D eigenvalue weighted by atomic mass is 16.5. The lowest BCUT2D eigenvalue weighted by Crippen LogP contribution is -2.17. The third-order valence-corrected chi connectivity index (χ3v) is 19.6. The van der Waals surface area contributed by atoms with E-state index < -0.39 is 77.4 Å². The number of aryl methyl sites for hydroxylation is 2. The molecule has 12 N–H and O–H groups in total. The summed E-state index contributed by atoms with van der Waals surface area (Å²) in [6, 6.07) is 75.5. The van der Waals surface area contributed by atoms with Crippen LogP contribution < -0.4 is 41.4 Å². The molecule has 0 fully saturated rings. The van der Waals surface area contributed by atoms with Crippen LogP contribution in [0.5, 0.6) is 11.5 Å². The van der Waals surface area contributed by atoms with Crippen LogP contribution in [0.25, 0.3) is 0 Å². The number of aromatic carboxylic acids is 5. The minimum Gasteiger partial charge on any atom is -0.495 e. The first-order valence-electron chi connectivity index (χ1n) is 41.0. The molecule has 12 rings (SSSR count). The minimum atomic E-state index is -1.19. The van der Waals surface area contributed by atoms with E-state index in [4.69, 9.17) is 62.0 Å². The molecule has 0 spiro atoms. The van der Waals surface area contributed by atoms with Crippen LogP contribution in [0.4, 0.5) is 34.1 Å². The number of terminal acetylenes is 1. The fourth-order valence-corrected chi connectivity index (χ4v) is 12.9. The van der Waals surface area contributed by atoms with Crippen LogP contribution in [0.2, 0.25) is 0 Å². The summed E-state index contributed by atoms with van der Waals surface area (Å²) in [7, 11) is 5.71. The molecule has 0 bridgehead atoms. The van der Waals surface area contributed by atoms with Gasteiger partial charge >= 0.3 is 35.8 Å². The molecule has 1 atom stereocenters. The predicted octanol–water partition coefficient (Wildman–Crippen LogP) is 17.4. The molecule has 137 heavy (non-hydrogen) atoms. The van der Waals surface area contributed by atoms with Crippen LogP contribution >= 0.6 is 0 Å². The maximum absolute atomic E-state index is 12.4. The normalized spacial score (nSPS) is 10.1. The quantitative estimate of drug-likeness (QED) is 0.0168. The number of rotatable bonds is 27. The zero-order valence-corrected chi connectivity index (χ0v) is 74.4. The minimum absolute atomic E-state index is 0.0289. The molecule has 0 saturated carbocycles. The number of aliphatic hydroxyl groups excluding tert-OH is 1. The number of aliphatic hydroxyl groups is 1. The summed E-state index contributed by atoms with van der Waals surface area (Å²) < 4.78 is 19.9. The molecular formula is C104H87N11O22. The van der Waals surface area contributed by atoms with Gasteiger partial charge in [-0.15, -0.1) is 6.42 Å². The van der Waals surface area contributed by atoms with Gasteiger partial charge in [0.2, 0.25) is 0 Å². The van der Waals surface area contributed by atoms with Crippen molar-refractivity contribution in [2.75, 3.05) is 60.3 Å². The van der Waals surface area contributed by atoms with Crippen LogP contribution in [0, 0.1) is 69.0 Å². The highest BCUT2D eigenvalue weighted by Gasteiger charge is 2.25. The lowest BCUT2D eigenvalue weighted by molar-refractivity contribution is 0.0594. The van der Waals surface area contributed by atoms with Crippen molar-refractivity contribution in [1.29, 1.82) is 26.3 Å². The average Bonchev–Trinajstić information content (AvgIpc) is 0.813. The summed E-state index contributed by atoms with van der Waals surface area (Å²) in [6.45, 7) is 6.06. The van der Waals surface area contributed by atoms with Crippen molar-refractivity contribution in [3.63, 3.8) is 0 Å². The van der Waals surface area contributed by atoms with Crippen molar-refractivity contribution in [1.82, 2.24) is 0 Å². The van der Waals surface area contributed by atoms with Crippen LogP contribution in [0.1, 0.15) is 220 Å². The maximum atomic E-state index is 12.4. The number of carbonyl (C=O) groups is 12. The van der Waals surface area contributed by atoms with Crippen molar-refractivity contribution in [2.24, 2.45) is 0 Å². The second-order valence-corrected chi connectivity index (χ2v) is 28.4. The predicted molar refractivity (Wildman–Crippen MR) is 505 cm³/mol. The van der Waals surface area contributed by atoms with E-state index in [1.165, 1.54) is 126 Å². The molecule has 0 heterocycles. The van der Waals surface area contributed by atoms with Crippen molar-refractivity contribution < 1.29 is 107 Å². The summed E-state index contributed by atoms with van der Waals surface area (Å²) in [4.78, 5) is 141. The van der Waals surface area contributed by atoms with Gasteiger partial charge in [0.1, 0.15) is 17.6 Å². The van der Waals surface area contributed by atoms with Gasteiger partial charge in [-0.3, -0.25) is 28.8 Å². The Morgan fingerprint density at radius 3 is 0.905 bits per heavy atom. The molecule has 33 nitrogen and oxygen atoms in total. The van der Waals surface area contributed by atoms with Gasteiger partial charge in [0.25, 0.3) is 35.4 Å². The van der Waals surface area contributed by atoms with Gasteiger partial charge < -0.3 is 81.5 Å². The lowest BCUT2D eigenvalue weighted by Gasteiger charge is -2.12. The number of esters is 1. The molecule has 1 unspecified atom stereocenters. The largest absolute Gasteiger partial charge is 0.495 e. The Labute approximate surface area is 785 Å². The zero-order valence-electron chi connectivity index (χ0n) is 74.4. The monoisotopic (exact) mass is 1840 g/mol. The van der Waals surface area contributed by atoms with E-state index in [2.05, 4.69) is 54.7 Å². The number of carbonyl (C=O) groups excluding carboxylic acids is 7. The second kappa shape index (κ2) is 52.5. The Kier molecular flexibility index (Phi) is 40.2. The smallest absolute Gasteiger partial charge is 0.338 e. The molecule has 0 aliphatic carbocycles. The summed E-state index contributed by atoms with van der Waals surface area (Å²) in [5.74, 6) is -6.28. The van der Waals surface area contributed by atoms with E-state index in [0.717, 1.165) is 30.4 Å². The Balaban J connectivity index is 0.000000224. The van der Waals surface area contributed by atoms with Crippen molar-refractivity contribution >= 4 is 105 Å². The van der Waals surface area contributed by atoms with E-state index in [1.807, 2.05) is 32.1 Å². The Morgan fingerprint density at radius 2 is 0.599 bits per heavy atom. The number of nitrogens with one attached hydrogen (secondary N) is 6.